The third-order valence-electron chi connectivity index (χ3n) is 4.02. The molecule has 0 amide bonds. The van der Waals surface area contributed by atoms with Crippen molar-refractivity contribution in [1.29, 1.82) is 0 Å². The first-order chi connectivity index (χ1) is 12.6. The van der Waals surface area contributed by atoms with E-state index in [2.05, 4.69) is 34.9 Å². The Morgan fingerprint density at radius 3 is 2.23 bits per heavy atom. The van der Waals surface area contributed by atoms with E-state index in [9.17, 15) is 5.11 Å². The topological polar surface area (TPSA) is 32.7 Å². The second-order valence-corrected chi connectivity index (χ2v) is 6.84. The third-order valence-corrected chi connectivity index (χ3v) is 4.02. The molecule has 2 aromatic rings. The van der Waals surface area contributed by atoms with Gasteiger partial charge >= 0.3 is 0 Å². The summed E-state index contributed by atoms with van der Waals surface area (Å²) in [6.07, 6.45) is 3.95. The molecule has 2 rings (SSSR count). The van der Waals surface area contributed by atoms with Crippen LogP contribution in [0.25, 0.3) is 0 Å². The van der Waals surface area contributed by atoms with Crippen molar-refractivity contribution in [1.82, 2.24) is 4.90 Å². The summed E-state index contributed by atoms with van der Waals surface area (Å²) in [7, 11) is 0. The van der Waals surface area contributed by atoms with Gasteiger partial charge < -0.3 is 9.84 Å². The highest BCUT2D eigenvalue weighted by atomic mass is 16.5. The molecule has 0 heterocycles. The zero-order valence-electron chi connectivity index (χ0n) is 15.8. The number of aliphatic hydroxyl groups is 1. The van der Waals surface area contributed by atoms with Gasteiger partial charge in [-0.05, 0) is 37.1 Å². The van der Waals surface area contributed by atoms with Gasteiger partial charge in [0.25, 0.3) is 0 Å². The fraction of sp³-hybridized carbons (Fsp3) is 0.348. The molecule has 0 aliphatic heterocycles. The lowest BCUT2D eigenvalue weighted by molar-refractivity contribution is 0.00725. The molecule has 0 aliphatic carbocycles. The zero-order chi connectivity index (χ0) is 18.7. The predicted octanol–water partition coefficient (Wildman–Crippen LogP) is 4.19. The molecule has 0 atom stereocenters. The minimum Gasteiger partial charge on any atom is -0.395 e. The quantitative estimate of drug-likeness (QED) is 0.652. The largest absolute Gasteiger partial charge is 0.395 e. The van der Waals surface area contributed by atoms with Crippen molar-refractivity contribution in [3.8, 4) is 0 Å². The Bertz CT molecular complexity index is 689. The van der Waals surface area contributed by atoms with Crippen LogP contribution in [-0.2, 0) is 17.9 Å². The van der Waals surface area contributed by atoms with Crippen molar-refractivity contribution in [3.05, 3.63) is 89.7 Å². The summed E-state index contributed by atoms with van der Waals surface area (Å²) >= 11 is 0. The average molecular weight is 351 g/mol. The van der Waals surface area contributed by atoms with Crippen LogP contribution in [0.4, 0.5) is 0 Å². The van der Waals surface area contributed by atoms with E-state index < -0.39 is 0 Å². The first-order valence-electron chi connectivity index (χ1n) is 9.06. The Labute approximate surface area is 157 Å². The van der Waals surface area contributed by atoms with Gasteiger partial charge in [0.1, 0.15) is 0 Å². The highest BCUT2D eigenvalue weighted by Crippen LogP contribution is 2.14. The number of hydrogen-bond donors (Lipinski definition) is 1. The van der Waals surface area contributed by atoms with Gasteiger partial charge in [-0.1, -0.05) is 60.7 Å². The molecule has 3 heteroatoms. The number of rotatable bonds is 10. The Balaban J connectivity index is 1.86. The summed E-state index contributed by atoms with van der Waals surface area (Å²) in [5, 5.41) is 9.27. The van der Waals surface area contributed by atoms with E-state index in [-0.39, 0.29) is 12.2 Å². The third kappa shape index (κ3) is 7.81. The Hall–Kier alpha value is -2.16. The lowest BCUT2D eigenvalue weighted by Crippen LogP contribution is -2.26. The molecule has 0 saturated carbocycles. The summed E-state index contributed by atoms with van der Waals surface area (Å²) < 4.78 is 5.97. The van der Waals surface area contributed by atoms with Gasteiger partial charge in [-0.25, -0.2) is 0 Å². The Morgan fingerprint density at radius 2 is 1.62 bits per heavy atom. The fourth-order valence-electron chi connectivity index (χ4n) is 2.54. The molecular weight excluding hydrogens is 322 g/mol. The van der Waals surface area contributed by atoms with E-state index in [1.54, 1.807) is 0 Å². The summed E-state index contributed by atoms with van der Waals surface area (Å²) in [4.78, 5) is 2.19. The monoisotopic (exact) mass is 351 g/mol. The van der Waals surface area contributed by atoms with Gasteiger partial charge in [0.05, 0.1) is 18.8 Å². The van der Waals surface area contributed by atoms with Crippen LogP contribution < -0.4 is 0 Å². The lowest BCUT2D eigenvalue weighted by atomic mass is 10.1. The molecule has 0 fully saturated rings. The fourth-order valence-corrected chi connectivity index (χ4v) is 2.54. The molecule has 1 N–H and O–H groups in total. The number of ether oxygens (including phenoxy) is 1. The van der Waals surface area contributed by atoms with E-state index in [1.807, 2.05) is 62.4 Å². The summed E-state index contributed by atoms with van der Waals surface area (Å²) in [6.45, 7) is 6.99. The van der Waals surface area contributed by atoms with Crippen molar-refractivity contribution in [3.63, 3.8) is 0 Å². The molecule has 0 bridgehead atoms. The van der Waals surface area contributed by atoms with Crippen molar-refractivity contribution >= 4 is 0 Å². The maximum absolute atomic E-state index is 9.27. The summed E-state index contributed by atoms with van der Waals surface area (Å²) in [6, 6.07) is 20.5. The van der Waals surface area contributed by atoms with Crippen LogP contribution in [0.2, 0.25) is 0 Å². The van der Waals surface area contributed by atoms with Crippen molar-refractivity contribution in [2.24, 2.45) is 0 Å². The molecular formula is C23H29NO2. The van der Waals surface area contributed by atoms with Crippen LogP contribution in [0.15, 0.2) is 78.5 Å². The van der Waals surface area contributed by atoms with Gasteiger partial charge in [0.15, 0.2) is 0 Å². The first kappa shape index (κ1) is 20.2. The van der Waals surface area contributed by atoms with Crippen LogP contribution >= 0.6 is 0 Å². The van der Waals surface area contributed by atoms with E-state index in [4.69, 9.17) is 4.74 Å². The van der Waals surface area contributed by atoms with Crippen LogP contribution in [0.5, 0.6) is 0 Å². The van der Waals surface area contributed by atoms with Gasteiger partial charge in [-0.2, -0.15) is 0 Å². The van der Waals surface area contributed by atoms with Crippen molar-refractivity contribution < 1.29 is 9.84 Å². The van der Waals surface area contributed by atoms with Crippen molar-refractivity contribution in [2.75, 3.05) is 19.7 Å². The molecule has 0 unspecified atom stereocenters. The minimum atomic E-state index is -0.381. The number of aliphatic hydroxyl groups excluding tert-OH is 1. The molecule has 3 nitrogen and oxygen atoms in total. The first-order valence-corrected chi connectivity index (χ1v) is 9.06. The van der Waals surface area contributed by atoms with E-state index in [0.29, 0.717) is 13.2 Å². The number of nitrogens with zero attached hydrogens (tertiary/aromatic N) is 1. The number of hydrogen-bond acceptors (Lipinski definition) is 3. The Kier molecular flexibility index (Phi) is 8.33. The van der Waals surface area contributed by atoms with E-state index >= 15 is 0 Å². The minimum absolute atomic E-state index is 0.149. The van der Waals surface area contributed by atoms with E-state index in [1.165, 1.54) is 5.56 Å². The molecule has 26 heavy (non-hydrogen) atoms. The SMILES string of the molecule is CC(C)(C=C=CCN(CCO)Cc1ccccc1)OCc1ccccc1. The zero-order valence-corrected chi connectivity index (χ0v) is 15.8. The van der Waals surface area contributed by atoms with Gasteiger partial charge in [0.2, 0.25) is 0 Å². The molecule has 0 aromatic heterocycles. The lowest BCUT2D eigenvalue weighted by Gasteiger charge is -2.21. The standard InChI is InChI=1S/C23H29NO2/c1-23(2,26-20-22-13-7-4-8-14-22)15-9-10-16-24(17-18-25)19-21-11-5-3-6-12-21/h3-8,10-15,25H,16-20H2,1-2H3. The van der Waals surface area contributed by atoms with Crippen LogP contribution in [-0.4, -0.2) is 35.3 Å². The highest BCUT2D eigenvalue weighted by molar-refractivity contribution is 5.15. The van der Waals surface area contributed by atoms with Crippen LogP contribution in [0.3, 0.4) is 0 Å². The normalized spacial score (nSPS) is 11.2. The molecule has 2 aromatic carbocycles. The van der Waals surface area contributed by atoms with Gasteiger partial charge in [-0.3, -0.25) is 4.90 Å². The van der Waals surface area contributed by atoms with Crippen LogP contribution in [0.1, 0.15) is 25.0 Å². The summed E-state index contributed by atoms with van der Waals surface area (Å²) in [5.74, 6) is 0. The smallest absolute Gasteiger partial charge is 0.0884 e. The summed E-state index contributed by atoms with van der Waals surface area (Å²) in [5.41, 5.74) is 5.26. The van der Waals surface area contributed by atoms with Crippen molar-refractivity contribution in [2.45, 2.75) is 32.6 Å². The van der Waals surface area contributed by atoms with Crippen LogP contribution in [0, 0.1) is 0 Å². The van der Waals surface area contributed by atoms with Gasteiger partial charge in [-0.15, -0.1) is 5.73 Å². The molecule has 0 saturated heterocycles. The average Bonchev–Trinajstić information content (AvgIpc) is 2.65. The maximum Gasteiger partial charge on any atom is 0.0884 e. The van der Waals surface area contributed by atoms with Gasteiger partial charge in [0, 0.05) is 19.6 Å². The second kappa shape index (κ2) is 10.7. The predicted molar refractivity (Wildman–Crippen MR) is 107 cm³/mol. The molecule has 0 spiro atoms. The van der Waals surface area contributed by atoms with E-state index in [0.717, 1.165) is 18.7 Å². The second-order valence-electron chi connectivity index (χ2n) is 6.84. The molecule has 0 aliphatic rings. The highest BCUT2D eigenvalue weighted by Gasteiger charge is 2.13. The maximum atomic E-state index is 9.27. The molecule has 138 valence electrons. The number of benzene rings is 2. The Morgan fingerprint density at radius 1 is 1.00 bits per heavy atom. The molecule has 0 radical (unpaired) electrons.